The molecule has 0 bridgehead atoms. The number of rotatable bonds is 12. The summed E-state index contributed by atoms with van der Waals surface area (Å²) in [5.74, 6) is -4.98. The molecule has 0 spiro atoms. The molecule has 4 amide bonds. The van der Waals surface area contributed by atoms with Crippen LogP contribution in [0.25, 0.3) is 0 Å². The number of amides is 4. The number of carboxylic acids is 4. The molecule has 0 unspecified atom stereocenters. The molecule has 24 heteroatoms. The Bertz CT molecular complexity index is 1150. The van der Waals surface area contributed by atoms with E-state index >= 15 is 0 Å². The summed E-state index contributed by atoms with van der Waals surface area (Å²) in [5, 5.41) is 45.0. The molecule has 4 aliphatic rings. The van der Waals surface area contributed by atoms with E-state index in [-0.39, 0.29) is 23.7 Å². The van der Waals surface area contributed by atoms with E-state index in [9.17, 15) is 38.4 Å². The lowest BCUT2D eigenvalue weighted by Crippen LogP contribution is -2.48. The van der Waals surface area contributed by atoms with Crippen molar-refractivity contribution in [3.8, 4) is 0 Å². The van der Waals surface area contributed by atoms with Crippen molar-refractivity contribution in [2.75, 3.05) is 81.3 Å². The van der Waals surface area contributed by atoms with Gasteiger partial charge in [-0.1, -0.05) is 0 Å². The average molecular weight is 869 g/mol. The molecule has 0 saturated carbocycles. The highest BCUT2D eigenvalue weighted by atomic mass is 16.6. The summed E-state index contributed by atoms with van der Waals surface area (Å²) >= 11 is 0. The fourth-order valence-corrected chi connectivity index (χ4v) is 6.38. The van der Waals surface area contributed by atoms with Gasteiger partial charge in [0.2, 0.25) is 0 Å². The minimum absolute atomic E-state index is 0.185. The van der Waals surface area contributed by atoms with Gasteiger partial charge >= 0.3 is 48.3 Å². The standard InChI is InChI=1S/4C9H15NO5/c4*1-14-9(13)10-7(8(11)12)6-3-2-4-15-5-6/h4*6-7H,2-5H2,1H3,(H,10,13)(H,11,12)/t2*6-,7+;2*6-,7-/m1010/s1. The van der Waals surface area contributed by atoms with Crippen LogP contribution in [0.3, 0.4) is 0 Å². The van der Waals surface area contributed by atoms with Gasteiger partial charge in [0.15, 0.2) is 0 Å². The summed E-state index contributed by atoms with van der Waals surface area (Å²) in [6, 6.07) is -3.73. The van der Waals surface area contributed by atoms with Gasteiger partial charge in [-0.2, -0.15) is 0 Å². The molecule has 0 aliphatic carbocycles. The Kier molecular flexibility index (Phi) is 26.3. The first-order valence-corrected chi connectivity index (χ1v) is 19.2. The van der Waals surface area contributed by atoms with Gasteiger partial charge in [0.25, 0.3) is 0 Å². The molecule has 0 radical (unpaired) electrons. The summed E-state index contributed by atoms with van der Waals surface area (Å²) in [6.07, 6.45) is 3.30. The lowest BCUT2D eigenvalue weighted by atomic mass is 9.94. The molecular weight excluding hydrogens is 808 g/mol. The fraction of sp³-hybridized carbons (Fsp3) is 0.778. The quantitative estimate of drug-likeness (QED) is 0.126. The van der Waals surface area contributed by atoms with Crippen LogP contribution >= 0.6 is 0 Å². The number of hydrogen-bond donors (Lipinski definition) is 8. The van der Waals surface area contributed by atoms with E-state index in [0.717, 1.165) is 51.4 Å². The van der Waals surface area contributed by atoms with Gasteiger partial charge in [-0.05, 0) is 51.4 Å². The first-order chi connectivity index (χ1) is 28.6. The van der Waals surface area contributed by atoms with E-state index in [0.29, 0.717) is 52.9 Å². The minimum Gasteiger partial charge on any atom is -0.480 e. The van der Waals surface area contributed by atoms with Crippen molar-refractivity contribution in [3.05, 3.63) is 0 Å². The van der Waals surface area contributed by atoms with Gasteiger partial charge in [0.05, 0.1) is 54.9 Å². The van der Waals surface area contributed by atoms with E-state index in [1.807, 2.05) is 0 Å². The van der Waals surface area contributed by atoms with Crippen molar-refractivity contribution in [2.24, 2.45) is 23.7 Å². The summed E-state index contributed by atoms with van der Waals surface area (Å²) < 4.78 is 38.2. The second-order valence-corrected chi connectivity index (χ2v) is 13.7. The monoisotopic (exact) mass is 868 g/mol. The highest BCUT2D eigenvalue weighted by Crippen LogP contribution is 2.20. The van der Waals surface area contributed by atoms with Gasteiger partial charge < -0.3 is 79.6 Å². The molecule has 4 heterocycles. The SMILES string of the molecule is COC(=O)N[C@@H](C(=O)O)[C@@H]1CCCOC1.COC(=O)N[C@@H](C(=O)O)[C@H]1CCCOC1.COC(=O)N[C@H](C(=O)O)[C@@H]1CCCOC1.COC(=O)N[C@H](C(=O)O)[C@H]1CCCOC1. The van der Waals surface area contributed by atoms with Crippen molar-refractivity contribution < 1.29 is 96.7 Å². The second-order valence-electron chi connectivity index (χ2n) is 13.7. The van der Waals surface area contributed by atoms with Crippen LogP contribution in [0.2, 0.25) is 0 Å². The zero-order valence-electron chi connectivity index (χ0n) is 34.3. The third kappa shape index (κ3) is 20.7. The number of ether oxygens (including phenoxy) is 8. The first kappa shape index (κ1) is 52.8. The molecule has 60 heavy (non-hydrogen) atoms. The Morgan fingerprint density at radius 3 is 0.700 bits per heavy atom. The summed E-state index contributed by atoms with van der Waals surface area (Å²) in [7, 11) is 4.80. The molecule has 344 valence electrons. The number of carbonyl (C=O) groups is 8. The highest BCUT2D eigenvalue weighted by molar-refractivity contribution is 5.82. The van der Waals surface area contributed by atoms with Gasteiger partial charge in [-0.25, -0.2) is 38.4 Å². The van der Waals surface area contributed by atoms with Gasteiger partial charge in [-0.15, -0.1) is 0 Å². The van der Waals surface area contributed by atoms with Crippen LogP contribution in [0.5, 0.6) is 0 Å². The lowest BCUT2D eigenvalue weighted by Gasteiger charge is -2.27. The van der Waals surface area contributed by atoms with Crippen molar-refractivity contribution >= 4 is 48.3 Å². The predicted molar refractivity (Wildman–Crippen MR) is 202 cm³/mol. The topological polar surface area (TPSA) is 339 Å². The Labute approximate surface area is 346 Å². The number of nitrogens with one attached hydrogen (secondary N) is 4. The number of alkyl carbamates (subject to hydrolysis) is 4. The molecule has 24 nitrogen and oxygen atoms in total. The largest absolute Gasteiger partial charge is 0.480 e. The van der Waals surface area contributed by atoms with Gasteiger partial charge in [-0.3, -0.25) is 0 Å². The van der Waals surface area contributed by atoms with Crippen LogP contribution in [-0.2, 0) is 57.1 Å². The zero-order chi connectivity index (χ0) is 45.0. The summed E-state index contributed by atoms with van der Waals surface area (Å²) in [4.78, 5) is 87.4. The zero-order valence-corrected chi connectivity index (χ0v) is 34.3. The third-order valence-electron chi connectivity index (χ3n) is 9.57. The third-order valence-corrected chi connectivity index (χ3v) is 9.57. The maximum absolute atomic E-state index is 10.9. The summed E-state index contributed by atoms with van der Waals surface area (Å²) in [5.41, 5.74) is 0. The van der Waals surface area contributed by atoms with E-state index in [2.05, 4.69) is 40.2 Å². The van der Waals surface area contributed by atoms with Crippen LogP contribution in [0.15, 0.2) is 0 Å². The molecule has 4 fully saturated rings. The molecule has 8 N–H and O–H groups in total. The van der Waals surface area contributed by atoms with Crippen LogP contribution in [0.4, 0.5) is 19.2 Å². The van der Waals surface area contributed by atoms with Crippen LogP contribution in [0, 0.1) is 23.7 Å². The number of aliphatic carboxylic acids is 4. The molecule has 4 aliphatic heterocycles. The highest BCUT2D eigenvalue weighted by Gasteiger charge is 2.34. The van der Waals surface area contributed by atoms with E-state index < -0.39 is 72.4 Å². The number of hydrogen-bond acceptors (Lipinski definition) is 16. The maximum Gasteiger partial charge on any atom is 0.407 e. The Morgan fingerprint density at radius 1 is 0.400 bits per heavy atom. The Balaban J connectivity index is 0.000000400. The summed E-state index contributed by atoms with van der Waals surface area (Å²) in [6.45, 7) is 4.06. The molecule has 4 saturated heterocycles. The van der Waals surface area contributed by atoms with Crippen molar-refractivity contribution in [2.45, 2.75) is 75.5 Å². The minimum atomic E-state index is -1.06. The van der Waals surface area contributed by atoms with Gasteiger partial charge in [0.1, 0.15) is 24.2 Å². The smallest absolute Gasteiger partial charge is 0.407 e. The molecule has 4 rings (SSSR count). The number of carboxylic acid groups (broad SMARTS) is 4. The number of carbonyl (C=O) groups excluding carboxylic acids is 4. The average Bonchev–Trinajstić information content (AvgIpc) is 3.26. The Hall–Kier alpha value is -5.20. The van der Waals surface area contributed by atoms with Crippen LogP contribution in [0.1, 0.15) is 51.4 Å². The first-order valence-electron chi connectivity index (χ1n) is 19.2. The van der Waals surface area contributed by atoms with Crippen molar-refractivity contribution in [3.63, 3.8) is 0 Å². The van der Waals surface area contributed by atoms with E-state index in [1.165, 1.54) is 28.4 Å². The molecule has 0 aromatic rings. The maximum atomic E-state index is 10.9. The molecule has 0 aromatic carbocycles. The van der Waals surface area contributed by atoms with E-state index in [1.54, 1.807) is 0 Å². The normalized spacial score (nSPS) is 22.9. The fourth-order valence-electron chi connectivity index (χ4n) is 6.38. The molecular formula is C36H60N4O20. The van der Waals surface area contributed by atoms with Crippen molar-refractivity contribution in [1.82, 2.24) is 21.3 Å². The van der Waals surface area contributed by atoms with E-state index in [4.69, 9.17) is 39.4 Å². The van der Waals surface area contributed by atoms with Crippen LogP contribution < -0.4 is 21.3 Å². The molecule has 8 atom stereocenters. The van der Waals surface area contributed by atoms with Crippen LogP contribution in [-0.4, -0.2) is 174 Å². The molecule has 0 aromatic heterocycles. The second kappa shape index (κ2) is 29.9. The Morgan fingerprint density at radius 2 is 0.583 bits per heavy atom. The predicted octanol–water partition coefficient (Wildman–Crippen LogP) is 0.889. The van der Waals surface area contributed by atoms with Gasteiger partial charge in [0, 0.05) is 50.1 Å². The van der Waals surface area contributed by atoms with Crippen molar-refractivity contribution in [1.29, 1.82) is 0 Å². The number of methoxy groups -OCH3 is 4. The lowest BCUT2D eigenvalue weighted by molar-refractivity contribution is -0.143.